The first-order chi connectivity index (χ1) is 13.6. The molecule has 0 radical (unpaired) electrons. The van der Waals surface area contributed by atoms with Gasteiger partial charge in [0.2, 0.25) is 5.76 Å². The molecule has 1 N–H and O–H groups in total. The first-order valence-electron chi connectivity index (χ1n) is 9.33. The van der Waals surface area contributed by atoms with E-state index in [9.17, 15) is 4.79 Å². The largest absolute Gasteiger partial charge is 0.461 e. The number of carbonyl (C=O) groups is 1. The zero-order chi connectivity index (χ0) is 19.9. The zero-order valence-electron chi connectivity index (χ0n) is 16.0. The molecule has 3 aromatic rings. The minimum absolute atomic E-state index is 0.226. The number of benzene rings is 1. The number of amides is 1. The highest BCUT2D eigenvalue weighted by Gasteiger charge is 2.15. The van der Waals surface area contributed by atoms with Crippen LogP contribution in [0.4, 0.5) is 0 Å². The Kier molecular flexibility index (Phi) is 6.71. The van der Waals surface area contributed by atoms with Crippen molar-refractivity contribution in [1.82, 2.24) is 10.5 Å². The number of nitrogens with one attached hydrogen (secondary N) is 1. The topological polar surface area (TPSA) is 68.3 Å². The molecule has 0 unspecified atom stereocenters. The van der Waals surface area contributed by atoms with Crippen molar-refractivity contribution in [1.29, 1.82) is 0 Å². The van der Waals surface area contributed by atoms with Gasteiger partial charge >= 0.3 is 0 Å². The second-order valence-corrected chi connectivity index (χ2v) is 6.97. The maximum atomic E-state index is 12.4. The lowest BCUT2D eigenvalue weighted by molar-refractivity contribution is 0.0945. The number of unbranched alkanes of at least 4 members (excludes halogenated alkanes) is 1. The van der Waals surface area contributed by atoms with Gasteiger partial charge in [-0.1, -0.05) is 42.2 Å². The van der Waals surface area contributed by atoms with Gasteiger partial charge in [0.15, 0.2) is 11.5 Å². The van der Waals surface area contributed by atoms with E-state index in [2.05, 4.69) is 30.4 Å². The van der Waals surface area contributed by atoms with Crippen molar-refractivity contribution in [3.8, 4) is 11.5 Å². The first kappa shape index (κ1) is 20.0. The van der Waals surface area contributed by atoms with E-state index in [1.54, 1.807) is 24.5 Å². The van der Waals surface area contributed by atoms with E-state index >= 15 is 0 Å². The SMILES string of the molecule is CCC/C=C(/CCNC(=O)c1cc(-c2ccco2)on1)c1cc(Cl)ccc1C. The minimum atomic E-state index is -0.279. The molecule has 28 heavy (non-hydrogen) atoms. The minimum Gasteiger partial charge on any atom is -0.461 e. The summed E-state index contributed by atoms with van der Waals surface area (Å²) in [6, 6.07) is 11.0. The number of aromatic nitrogens is 1. The van der Waals surface area contributed by atoms with Crippen molar-refractivity contribution < 1.29 is 13.7 Å². The Morgan fingerprint density at radius 2 is 2.11 bits per heavy atom. The normalized spacial score (nSPS) is 11.6. The van der Waals surface area contributed by atoms with Crippen LogP contribution >= 0.6 is 11.6 Å². The van der Waals surface area contributed by atoms with Gasteiger partial charge in [-0.2, -0.15) is 0 Å². The monoisotopic (exact) mass is 398 g/mol. The molecule has 146 valence electrons. The number of rotatable bonds is 8. The van der Waals surface area contributed by atoms with Crippen molar-refractivity contribution in [2.24, 2.45) is 0 Å². The van der Waals surface area contributed by atoms with E-state index in [1.807, 2.05) is 18.2 Å². The molecule has 0 saturated carbocycles. The summed E-state index contributed by atoms with van der Waals surface area (Å²) < 4.78 is 10.4. The Morgan fingerprint density at radius 3 is 2.86 bits per heavy atom. The molecule has 0 fully saturated rings. The molecule has 0 spiro atoms. The van der Waals surface area contributed by atoms with Gasteiger partial charge in [0.25, 0.3) is 5.91 Å². The van der Waals surface area contributed by atoms with Crippen LogP contribution in [-0.4, -0.2) is 17.6 Å². The number of halogens is 1. The highest BCUT2D eigenvalue weighted by molar-refractivity contribution is 6.30. The molecule has 6 heteroatoms. The molecule has 2 aromatic heterocycles. The third kappa shape index (κ3) is 4.93. The molecule has 0 aliphatic rings. The van der Waals surface area contributed by atoms with E-state index in [0.29, 0.717) is 29.5 Å². The Bertz CT molecular complexity index is 958. The number of nitrogens with zero attached hydrogens (tertiary/aromatic N) is 1. The standard InChI is InChI=1S/C22H23ClN2O3/c1-3-4-6-16(18-13-17(23)9-8-15(18)2)10-11-24-22(26)19-14-21(28-25-19)20-7-5-12-27-20/h5-9,12-14H,3-4,10-11H2,1-2H3,(H,24,26)/b16-6-. The molecule has 1 aromatic carbocycles. The summed E-state index contributed by atoms with van der Waals surface area (Å²) in [5.74, 6) is 0.681. The average molecular weight is 399 g/mol. The molecule has 0 bridgehead atoms. The van der Waals surface area contributed by atoms with Crippen LogP contribution < -0.4 is 5.32 Å². The number of furan rings is 1. The maximum Gasteiger partial charge on any atom is 0.273 e. The van der Waals surface area contributed by atoms with Crippen LogP contribution in [0.5, 0.6) is 0 Å². The van der Waals surface area contributed by atoms with E-state index in [0.717, 1.165) is 24.0 Å². The van der Waals surface area contributed by atoms with Crippen molar-refractivity contribution in [3.05, 3.63) is 70.6 Å². The Hall–Kier alpha value is -2.79. The predicted octanol–water partition coefficient (Wildman–Crippen LogP) is 5.90. The van der Waals surface area contributed by atoms with Crippen LogP contribution in [0, 0.1) is 6.92 Å². The van der Waals surface area contributed by atoms with Gasteiger partial charge in [0.1, 0.15) is 0 Å². The number of hydrogen-bond acceptors (Lipinski definition) is 4. The Balaban J connectivity index is 1.64. The summed E-state index contributed by atoms with van der Waals surface area (Å²) in [4.78, 5) is 12.4. The fourth-order valence-corrected chi connectivity index (χ4v) is 3.10. The molecule has 2 heterocycles. The Morgan fingerprint density at radius 1 is 1.25 bits per heavy atom. The molecular weight excluding hydrogens is 376 g/mol. The van der Waals surface area contributed by atoms with Crippen LogP contribution in [-0.2, 0) is 0 Å². The average Bonchev–Trinajstić information content (AvgIpc) is 3.38. The Labute approximate surface area is 169 Å². The number of aryl methyl sites for hydroxylation is 1. The van der Waals surface area contributed by atoms with Crippen molar-refractivity contribution in [2.45, 2.75) is 33.1 Å². The fourth-order valence-electron chi connectivity index (χ4n) is 2.92. The first-order valence-corrected chi connectivity index (χ1v) is 9.70. The van der Waals surface area contributed by atoms with Crippen LogP contribution in [0.2, 0.25) is 5.02 Å². The number of carbonyl (C=O) groups excluding carboxylic acids is 1. The van der Waals surface area contributed by atoms with E-state index in [1.165, 1.54) is 5.57 Å². The zero-order valence-corrected chi connectivity index (χ0v) is 16.8. The molecule has 0 saturated heterocycles. The van der Waals surface area contributed by atoms with Crippen LogP contribution in [0.3, 0.4) is 0 Å². The molecule has 5 nitrogen and oxygen atoms in total. The van der Waals surface area contributed by atoms with Gasteiger partial charge < -0.3 is 14.3 Å². The van der Waals surface area contributed by atoms with Crippen molar-refractivity contribution in [3.63, 3.8) is 0 Å². The smallest absolute Gasteiger partial charge is 0.273 e. The second kappa shape index (κ2) is 9.42. The summed E-state index contributed by atoms with van der Waals surface area (Å²) in [6.07, 6.45) is 6.50. The van der Waals surface area contributed by atoms with E-state index in [-0.39, 0.29) is 11.6 Å². The highest BCUT2D eigenvalue weighted by Crippen LogP contribution is 2.26. The summed E-state index contributed by atoms with van der Waals surface area (Å²) in [7, 11) is 0. The number of hydrogen-bond donors (Lipinski definition) is 1. The van der Waals surface area contributed by atoms with Crippen LogP contribution in [0.1, 0.15) is 47.8 Å². The summed E-state index contributed by atoms with van der Waals surface area (Å²) >= 11 is 6.18. The van der Waals surface area contributed by atoms with Gasteiger partial charge in [-0.15, -0.1) is 0 Å². The lowest BCUT2D eigenvalue weighted by Crippen LogP contribution is -2.24. The van der Waals surface area contributed by atoms with Crippen molar-refractivity contribution in [2.75, 3.05) is 6.54 Å². The quantitative estimate of drug-likeness (QED) is 0.512. The predicted molar refractivity (Wildman–Crippen MR) is 110 cm³/mol. The van der Waals surface area contributed by atoms with Gasteiger partial charge in [0, 0.05) is 17.6 Å². The maximum absolute atomic E-state index is 12.4. The summed E-state index contributed by atoms with van der Waals surface area (Å²) in [5.41, 5.74) is 3.69. The lowest BCUT2D eigenvalue weighted by Gasteiger charge is -2.12. The summed E-state index contributed by atoms with van der Waals surface area (Å²) in [6.45, 7) is 4.70. The molecule has 0 aliphatic carbocycles. The van der Waals surface area contributed by atoms with E-state index < -0.39 is 0 Å². The van der Waals surface area contributed by atoms with Gasteiger partial charge in [-0.25, -0.2) is 0 Å². The third-order valence-electron chi connectivity index (χ3n) is 4.41. The second-order valence-electron chi connectivity index (χ2n) is 6.54. The van der Waals surface area contributed by atoms with Gasteiger partial charge in [0.05, 0.1) is 6.26 Å². The summed E-state index contributed by atoms with van der Waals surface area (Å²) in [5, 5.41) is 7.44. The molecule has 3 rings (SSSR count). The van der Waals surface area contributed by atoms with Gasteiger partial charge in [-0.05, 0) is 60.7 Å². The van der Waals surface area contributed by atoms with Crippen molar-refractivity contribution >= 4 is 23.1 Å². The van der Waals surface area contributed by atoms with Crippen LogP contribution in [0.25, 0.3) is 17.1 Å². The highest BCUT2D eigenvalue weighted by atomic mass is 35.5. The fraction of sp³-hybridized carbons (Fsp3) is 0.273. The molecule has 0 atom stereocenters. The molecule has 0 aliphatic heterocycles. The lowest BCUT2D eigenvalue weighted by atomic mass is 9.96. The molecule has 1 amide bonds. The number of allylic oxidation sites excluding steroid dienone is 1. The van der Waals surface area contributed by atoms with Crippen LogP contribution in [0.15, 0.2) is 57.7 Å². The van der Waals surface area contributed by atoms with E-state index in [4.69, 9.17) is 20.5 Å². The third-order valence-corrected chi connectivity index (χ3v) is 4.65. The molecular formula is C22H23ClN2O3. The van der Waals surface area contributed by atoms with Gasteiger partial charge in [-0.3, -0.25) is 4.79 Å².